The molecule has 1 aromatic heterocycles. The molecule has 7 nitrogen and oxygen atoms in total. The normalized spacial score (nSPS) is 14.9. The minimum Gasteiger partial charge on any atom is -0.322 e. The topological polar surface area (TPSA) is 92.3 Å². The molecule has 1 amide bonds. The summed E-state index contributed by atoms with van der Waals surface area (Å²) in [5.74, 6) is 0.493. The van der Waals surface area contributed by atoms with E-state index in [0.717, 1.165) is 22.0 Å². The number of aromatic nitrogens is 2. The van der Waals surface area contributed by atoms with E-state index >= 15 is 0 Å². The number of sulfonamides is 1. The Balaban J connectivity index is 1.41. The Bertz CT molecular complexity index is 1530. The monoisotopic (exact) mass is 472 g/mol. The highest BCUT2D eigenvalue weighted by Gasteiger charge is 2.28. The predicted octanol–water partition coefficient (Wildman–Crippen LogP) is 4.71. The van der Waals surface area contributed by atoms with E-state index in [2.05, 4.69) is 15.3 Å². The summed E-state index contributed by atoms with van der Waals surface area (Å²) in [5.41, 5.74) is 5.13. The number of aryl methyl sites for hydroxylation is 2. The molecule has 0 radical (unpaired) electrons. The summed E-state index contributed by atoms with van der Waals surface area (Å²) < 4.78 is 25.9. The Morgan fingerprint density at radius 3 is 2.59 bits per heavy atom. The Kier molecular flexibility index (Phi) is 5.53. The third-order valence-corrected chi connectivity index (χ3v) is 7.94. The van der Waals surface area contributed by atoms with Crippen LogP contribution in [0.15, 0.2) is 66.9 Å². The van der Waals surface area contributed by atoms with Gasteiger partial charge < -0.3 is 5.32 Å². The van der Waals surface area contributed by atoms with Crippen LogP contribution in [0.4, 0.5) is 11.4 Å². The molecule has 4 aromatic rings. The lowest BCUT2D eigenvalue weighted by atomic mass is 10.1. The third kappa shape index (κ3) is 4.12. The lowest BCUT2D eigenvalue weighted by Gasteiger charge is -2.18. The maximum Gasteiger partial charge on any atom is 0.255 e. The minimum atomic E-state index is -3.27. The highest BCUT2D eigenvalue weighted by molar-refractivity contribution is 7.93. The molecular formula is C26H24N4O3S. The van der Waals surface area contributed by atoms with E-state index in [1.165, 1.54) is 4.31 Å². The Labute approximate surface area is 198 Å². The summed E-state index contributed by atoms with van der Waals surface area (Å²) in [6.45, 7) is 4.26. The van der Waals surface area contributed by atoms with Gasteiger partial charge in [0.2, 0.25) is 10.0 Å². The van der Waals surface area contributed by atoms with Crippen LogP contribution < -0.4 is 9.62 Å². The van der Waals surface area contributed by atoms with Gasteiger partial charge in [0.25, 0.3) is 5.91 Å². The number of rotatable bonds is 4. The summed E-state index contributed by atoms with van der Waals surface area (Å²) >= 11 is 0. The van der Waals surface area contributed by atoms with Crippen molar-refractivity contribution in [2.45, 2.75) is 20.3 Å². The van der Waals surface area contributed by atoms with Crippen LogP contribution in [0.25, 0.3) is 22.3 Å². The van der Waals surface area contributed by atoms with Crippen LogP contribution in [-0.2, 0) is 10.0 Å². The molecule has 5 rings (SSSR count). The first-order valence-corrected chi connectivity index (χ1v) is 12.7. The Morgan fingerprint density at radius 2 is 1.82 bits per heavy atom. The quantitative estimate of drug-likeness (QED) is 0.465. The zero-order valence-corrected chi connectivity index (χ0v) is 19.8. The van der Waals surface area contributed by atoms with Crippen molar-refractivity contribution in [1.29, 1.82) is 0 Å². The minimum absolute atomic E-state index is 0.158. The molecule has 0 spiro atoms. The average Bonchev–Trinajstić information content (AvgIpc) is 3.18. The van der Waals surface area contributed by atoms with Crippen molar-refractivity contribution < 1.29 is 13.2 Å². The summed E-state index contributed by atoms with van der Waals surface area (Å²) in [4.78, 5) is 22.2. The average molecular weight is 473 g/mol. The lowest BCUT2D eigenvalue weighted by Crippen LogP contribution is -2.25. The van der Waals surface area contributed by atoms with Crippen molar-refractivity contribution in [2.24, 2.45) is 0 Å². The highest BCUT2D eigenvalue weighted by atomic mass is 32.2. The van der Waals surface area contributed by atoms with Crippen molar-refractivity contribution in [1.82, 2.24) is 9.97 Å². The fraction of sp³-hybridized carbons (Fsp3) is 0.192. The van der Waals surface area contributed by atoms with Crippen LogP contribution >= 0.6 is 0 Å². The summed E-state index contributed by atoms with van der Waals surface area (Å²) in [5, 5.41) is 3.92. The van der Waals surface area contributed by atoms with Gasteiger partial charge in [-0.1, -0.05) is 24.3 Å². The molecule has 0 unspecified atom stereocenters. The van der Waals surface area contributed by atoms with Gasteiger partial charge in [0.05, 0.1) is 17.0 Å². The number of carbonyl (C=O) groups is 1. The van der Waals surface area contributed by atoms with E-state index in [1.54, 1.807) is 24.4 Å². The van der Waals surface area contributed by atoms with Crippen LogP contribution in [0.2, 0.25) is 0 Å². The number of hydrogen-bond donors (Lipinski definition) is 1. The SMILES string of the molecule is Cc1cc(N2CCCS2(=O)=O)ccc1C(=O)Nc1ccc(C)c(-c2ncc3ccccc3n2)c1. The Hall–Kier alpha value is -3.78. The number of hydrogen-bond acceptors (Lipinski definition) is 5. The largest absolute Gasteiger partial charge is 0.322 e. The van der Waals surface area contributed by atoms with E-state index in [9.17, 15) is 13.2 Å². The molecule has 1 saturated heterocycles. The highest BCUT2D eigenvalue weighted by Crippen LogP contribution is 2.28. The lowest BCUT2D eigenvalue weighted by molar-refractivity contribution is 0.102. The molecule has 1 N–H and O–H groups in total. The van der Waals surface area contributed by atoms with E-state index in [-0.39, 0.29) is 11.7 Å². The molecule has 3 aromatic carbocycles. The van der Waals surface area contributed by atoms with Crippen LogP contribution in [0.3, 0.4) is 0 Å². The van der Waals surface area contributed by atoms with Crippen molar-refractivity contribution in [3.05, 3.63) is 83.6 Å². The maximum absolute atomic E-state index is 13.0. The fourth-order valence-corrected chi connectivity index (χ4v) is 5.78. The van der Waals surface area contributed by atoms with Crippen molar-refractivity contribution >= 4 is 38.2 Å². The zero-order valence-electron chi connectivity index (χ0n) is 18.9. The van der Waals surface area contributed by atoms with Crippen molar-refractivity contribution in [3.8, 4) is 11.4 Å². The van der Waals surface area contributed by atoms with Crippen LogP contribution in [0.1, 0.15) is 27.9 Å². The van der Waals surface area contributed by atoms with Gasteiger partial charge in [0.1, 0.15) is 0 Å². The number of nitrogens with one attached hydrogen (secondary N) is 1. The molecule has 0 saturated carbocycles. The van der Waals surface area contributed by atoms with Crippen molar-refractivity contribution in [2.75, 3.05) is 21.9 Å². The molecule has 34 heavy (non-hydrogen) atoms. The molecule has 2 heterocycles. The van der Waals surface area contributed by atoms with Gasteiger partial charge in [0, 0.05) is 34.9 Å². The predicted molar refractivity (Wildman–Crippen MR) is 135 cm³/mol. The molecule has 0 atom stereocenters. The first-order valence-electron chi connectivity index (χ1n) is 11.1. The van der Waals surface area contributed by atoms with Gasteiger partial charge in [0.15, 0.2) is 5.82 Å². The standard InChI is InChI=1S/C26H24N4O3S/c1-17-8-9-20(15-23(17)25-27-16-19-6-3-4-7-24(19)29-25)28-26(31)22-11-10-21(14-18(22)2)30-12-5-13-34(30,32)33/h3-4,6-11,14-16H,5,12-13H2,1-2H3,(H,28,31). The van der Waals surface area contributed by atoms with Gasteiger partial charge in [-0.3, -0.25) is 9.10 Å². The molecule has 8 heteroatoms. The number of benzene rings is 3. The van der Waals surface area contributed by atoms with Gasteiger partial charge in [-0.2, -0.15) is 0 Å². The number of anilines is 2. The van der Waals surface area contributed by atoms with Gasteiger partial charge in [-0.25, -0.2) is 18.4 Å². The number of para-hydroxylation sites is 1. The van der Waals surface area contributed by atoms with Crippen LogP contribution in [-0.4, -0.2) is 36.6 Å². The molecule has 172 valence electrons. The molecule has 1 aliphatic rings. The molecule has 0 bridgehead atoms. The molecule has 1 fully saturated rings. The maximum atomic E-state index is 13.0. The first kappa shape index (κ1) is 22.0. The second-order valence-corrected chi connectivity index (χ2v) is 10.5. The summed E-state index contributed by atoms with van der Waals surface area (Å²) in [6.07, 6.45) is 2.41. The van der Waals surface area contributed by atoms with Gasteiger partial charge in [-0.15, -0.1) is 0 Å². The number of amides is 1. The summed E-state index contributed by atoms with van der Waals surface area (Å²) in [7, 11) is -3.27. The van der Waals surface area contributed by atoms with E-state index in [0.29, 0.717) is 41.3 Å². The smallest absolute Gasteiger partial charge is 0.255 e. The number of fused-ring (bicyclic) bond motifs is 1. The fourth-order valence-electron chi connectivity index (χ4n) is 4.23. The molecular weight excluding hydrogens is 448 g/mol. The zero-order chi connectivity index (χ0) is 23.9. The van der Waals surface area contributed by atoms with Crippen LogP contribution in [0, 0.1) is 13.8 Å². The Morgan fingerprint density at radius 1 is 1.00 bits per heavy atom. The van der Waals surface area contributed by atoms with Crippen molar-refractivity contribution in [3.63, 3.8) is 0 Å². The first-order chi connectivity index (χ1) is 16.3. The molecule has 0 aliphatic carbocycles. The van der Waals surface area contributed by atoms with Crippen LogP contribution in [0.5, 0.6) is 0 Å². The van der Waals surface area contributed by atoms with E-state index in [1.807, 2.05) is 56.3 Å². The number of nitrogens with zero attached hydrogens (tertiary/aromatic N) is 3. The second kappa shape index (κ2) is 8.53. The third-order valence-electron chi connectivity index (χ3n) is 6.07. The van der Waals surface area contributed by atoms with Gasteiger partial charge in [-0.05, 0) is 67.8 Å². The van der Waals surface area contributed by atoms with E-state index < -0.39 is 10.0 Å². The second-order valence-electron chi connectivity index (χ2n) is 8.48. The summed E-state index contributed by atoms with van der Waals surface area (Å²) in [6, 6.07) is 18.6. The molecule has 1 aliphatic heterocycles. The number of carbonyl (C=O) groups excluding carboxylic acids is 1. The van der Waals surface area contributed by atoms with Gasteiger partial charge >= 0.3 is 0 Å². The van der Waals surface area contributed by atoms with E-state index in [4.69, 9.17) is 0 Å².